The van der Waals surface area contributed by atoms with E-state index in [-0.39, 0.29) is 24.6 Å². The number of imidazole rings is 1. The van der Waals surface area contributed by atoms with E-state index in [1.165, 1.54) is 11.8 Å². The Labute approximate surface area is 228 Å². The number of pyridine rings is 1. The maximum Gasteiger partial charge on any atom is 0.357 e. The van der Waals surface area contributed by atoms with Gasteiger partial charge in [0.15, 0.2) is 27.4 Å². The maximum atomic E-state index is 13.6. The second-order valence-electron chi connectivity index (χ2n) is 10.4. The number of nitrogens with zero attached hydrogens (tertiary/aromatic N) is 4. The fourth-order valence-electron chi connectivity index (χ4n) is 5.04. The summed E-state index contributed by atoms with van der Waals surface area (Å²) < 4.78 is 11.6. The summed E-state index contributed by atoms with van der Waals surface area (Å²) in [7, 11) is 0. The molecule has 0 radical (unpaired) electrons. The number of carbonyl (C=O) groups excluding carboxylic acids is 2. The molecule has 6 rings (SSSR count). The van der Waals surface area contributed by atoms with Gasteiger partial charge in [0.25, 0.3) is 0 Å². The van der Waals surface area contributed by atoms with Gasteiger partial charge < -0.3 is 19.1 Å². The number of ether oxygens (including phenoxy) is 1. The Morgan fingerprint density at radius 2 is 2.08 bits per heavy atom. The fourth-order valence-corrected chi connectivity index (χ4v) is 5.80. The molecule has 2 aliphatic rings. The number of hydroxylamine groups is 2. The summed E-state index contributed by atoms with van der Waals surface area (Å²) >= 11 is 1.33. The predicted molar refractivity (Wildman–Crippen MR) is 143 cm³/mol. The topological polar surface area (TPSA) is 139 Å². The molecule has 1 fully saturated rings. The highest BCUT2D eigenvalue weighted by atomic mass is 32.2. The molecule has 1 saturated heterocycles. The van der Waals surface area contributed by atoms with Crippen molar-refractivity contribution in [3.63, 3.8) is 0 Å². The normalized spacial score (nSPS) is 19.6. The van der Waals surface area contributed by atoms with Crippen molar-refractivity contribution in [2.24, 2.45) is 10.9 Å². The van der Waals surface area contributed by atoms with E-state index in [1.54, 1.807) is 24.4 Å². The number of hydrogen-bond acceptors (Lipinski definition) is 10. The lowest BCUT2D eigenvalue weighted by atomic mass is 9.75. The maximum absolute atomic E-state index is 13.6. The van der Waals surface area contributed by atoms with Gasteiger partial charge in [0, 0.05) is 23.7 Å². The minimum absolute atomic E-state index is 0.0345. The third-order valence-corrected chi connectivity index (χ3v) is 7.21. The lowest BCUT2D eigenvalue weighted by molar-refractivity contribution is -0.222. The van der Waals surface area contributed by atoms with Gasteiger partial charge in [-0.3, -0.25) is 14.6 Å². The van der Waals surface area contributed by atoms with E-state index < -0.39 is 23.4 Å². The number of furan rings is 1. The first-order valence-corrected chi connectivity index (χ1v) is 13.5. The van der Waals surface area contributed by atoms with Crippen LogP contribution in [-0.4, -0.2) is 67.8 Å². The first-order valence-electron chi connectivity index (χ1n) is 12.7. The van der Waals surface area contributed by atoms with Crippen molar-refractivity contribution in [1.82, 2.24) is 25.0 Å². The van der Waals surface area contributed by atoms with Crippen LogP contribution in [0.5, 0.6) is 0 Å². The van der Waals surface area contributed by atoms with E-state index in [0.29, 0.717) is 45.2 Å². The predicted octanol–water partition coefficient (Wildman–Crippen LogP) is 4.66. The quantitative estimate of drug-likeness (QED) is 0.330. The van der Waals surface area contributed by atoms with Gasteiger partial charge in [-0.2, -0.15) is 5.06 Å². The Bertz CT molecular complexity index is 1560. The summed E-state index contributed by atoms with van der Waals surface area (Å²) in [5.41, 5.74) is 3.02. The number of ketones is 1. The molecule has 12 heteroatoms. The van der Waals surface area contributed by atoms with Crippen molar-refractivity contribution >= 4 is 46.1 Å². The number of esters is 1. The number of H-pyrrole nitrogens is 2. The molecule has 2 unspecified atom stereocenters. The first-order chi connectivity index (χ1) is 18.7. The van der Waals surface area contributed by atoms with E-state index in [0.717, 1.165) is 5.52 Å². The Morgan fingerprint density at radius 1 is 1.23 bits per heavy atom. The number of aromatic nitrogens is 4. The van der Waals surface area contributed by atoms with Crippen molar-refractivity contribution in [3.8, 4) is 0 Å². The molecule has 0 amide bonds. The van der Waals surface area contributed by atoms with Crippen LogP contribution in [0, 0.1) is 5.92 Å². The average Bonchev–Trinajstić information content (AvgIpc) is 3.60. The average molecular weight is 549 g/mol. The van der Waals surface area contributed by atoms with Gasteiger partial charge in [-0.1, -0.05) is 0 Å². The van der Waals surface area contributed by atoms with Gasteiger partial charge in [-0.05, 0) is 63.7 Å². The summed E-state index contributed by atoms with van der Waals surface area (Å²) in [4.78, 5) is 52.2. The van der Waals surface area contributed by atoms with E-state index in [2.05, 4.69) is 19.9 Å². The van der Waals surface area contributed by atoms with Crippen LogP contribution in [0.1, 0.15) is 55.4 Å². The molecule has 4 aromatic heterocycles. The number of piperidine rings is 1. The molecule has 11 nitrogen and oxygen atoms in total. The minimum Gasteiger partial charge on any atom is -0.461 e. The van der Waals surface area contributed by atoms with Crippen LogP contribution >= 0.6 is 11.8 Å². The number of hydrogen-bond donors (Lipinski definition) is 2. The standard InChI is InChI=1S/C27H28N6O5S/c1-5-36-25(35)23-22-14(11-29-23)20(21-16(30-22)12-33(13-17(21)34)38-27(2,3)4)18-8-9-19(37-18)39-26-31-15-7-6-10-28-24(15)32-26/h6-11,20-21,29H,5,12-13H2,1-4H3,(H,28,31,32). The van der Waals surface area contributed by atoms with E-state index >= 15 is 0 Å². The summed E-state index contributed by atoms with van der Waals surface area (Å²) in [6.45, 7) is 8.22. The van der Waals surface area contributed by atoms with E-state index in [9.17, 15) is 9.59 Å². The van der Waals surface area contributed by atoms with Crippen LogP contribution in [0.2, 0.25) is 0 Å². The van der Waals surface area contributed by atoms with Gasteiger partial charge >= 0.3 is 5.97 Å². The van der Waals surface area contributed by atoms with Gasteiger partial charge in [-0.15, -0.1) is 0 Å². The zero-order chi connectivity index (χ0) is 27.3. The number of nitrogens with one attached hydrogen (secondary N) is 2. The zero-order valence-electron chi connectivity index (χ0n) is 22.0. The SMILES string of the molecule is CCOC(=O)c1[nH]cc2c1N=C1CN(OC(C)(C)C)CC(=O)C1C2c1ccc(Sc2nc3ncccc3[nH]2)o1. The summed E-state index contributed by atoms with van der Waals surface area (Å²) in [5, 5.41) is 2.89. The largest absolute Gasteiger partial charge is 0.461 e. The molecule has 2 atom stereocenters. The van der Waals surface area contributed by atoms with Crippen LogP contribution in [0.3, 0.4) is 0 Å². The van der Waals surface area contributed by atoms with Gasteiger partial charge in [0.05, 0.1) is 48.3 Å². The third kappa shape index (κ3) is 4.90. The molecule has 39 heavy (non-hydrogen) atoms. The summed E-state index contributed by atoms with van der Waals surface area (Å²) in [6.07, 6.45) is 3.41. The Balaban J connectivity index is 1.37. The Morgan fingerprint density at radius 3 is 2.85 bits per heavy atom. The monoisotopic (exact) mass is 548 g/mol. The van der Waals surface area contributed by atoms with Crippen molar-refractivity contribution in [1.29, 1.82) is 0 Å². The number of carbonyl (C=O) groups is 2. The summed E-state index contributed by atoms with van der Waals surface area (Å²) in [6, 6.07) is 7.47. The van der Waals surface area contributed by atoms with Crippen molar-refractivity contribution in [3.05, 3.63) is 53.7 Å². The number of aliphatic imine (C=N–C) groups is 1. The lowest BCUT2D eigenvalue weighted by Gasteiger charge is -2.39. The van der Waals surface area contributed by atoms with Gasteiger partial charge in [-0.25, -0.2) is 14.8 Å². The highest BCUT2D eigenvalue weighted by Gasteiger charge is 2.46. The molecule has 0 aliphatic carbocycles. The molecular weight excluding hydrogens is 520 g/mol. The smallest absolute Gasteiger partial charge is 0.357 e. The van der Waals surface area contributed by atoms with Crippen LogP contribution in [-0.2, 0) is 14.4 Å². The van der Waals surface area contributed by atoms with Crippen LogP contribution in [0.15, 0.2) is 56.3 Å². The number of aromatic amines is 2. The van der Waals surface area contributed by atoms with Crippen LogP contribution in [0.4, 0.5) is 5.69 Å². The highest BCUT2D eigenvalue weighted by molar-refractivity contribution is 7.99. The Kier molecular flexibility index (Phi) is 6.40. The molecule has 0 spiro atoms. The fraction of sp³-hybridized carbons (Fsp3) is 0.370. The van der Waals surface area contributed by atoms with Crippen LogP contribution < -0.4 is 0 Å². The van der Waals surface area contributed by atoms with Gasteiger partial charge in [0.1, 0.15) is 5.76 Å². The third-order valence-electron chi connectivity index (χ3n) is 6.41. The van der Waals surface area contributed by atoms with Crippen molar-refractivity contribution in [2.75, 3.05) is 19.7 Å². The highest BCUT2D eigenvalue weighted by Crippen LogP contribution is 2.47. The van der Waals surface area contributed by atoms with Gasteiger partial charge in [0.2, 0.25) is 0 Å². The molecule has 0 aromatic carbocycles. The number of rotatable bonds is 6. The van der Waals surface area contributed by atoms with E-state index in [1.807, 2.05) is 45.0 Å². The molecule has 4 aromatic rings. The molecule has 2 N–H and O–H groups in total. The number of fused-ring (bicyclic) bond motifs is 3. The first kappa shape index (κ1) is 25.5. The van der Waals surface area contributed by atoms with Crippen molar-refractivity contribution < 1.29 is 23.6 Å². The summed E-state index contributed by atoms with van der Waals surface area (Å²) in [5.74, 6) is -0.962. The zero-order valence-corrected chi connectivity index (χ0v) is 22.8. The van der Waals surface area contributed by atoms with Crippen LogP contribution in [0.25, 0.3) is 11.2 Å². The molecule has 202 valence electrons. The molecule has 0 saturated carbocycles. The lowest BCUT2D eigenvalue weighted by Crippen LogP contribution is -2.52. The molecule has 0 bridgehead atoms. The second-order valence-corrected chi connectivity index (χ2v) is 11.4. The second kappa shape index (κ2) is 9.78. The number of Topliss-reactive ketones (excluding diaryl/α,β-unsaturated/α-hetero) is 1. The van der Waals surface area contributed by atoms with Crippen molar-refractivity contribution in [2.45, 2.75) is 49.5 Å². The van der Waals surface area contributed by atoms with E-state index in [4.69, 9.17) is 19.0 Å². The minimum atomic E-state index is -0.553. The molecule has 2 aliphatic heterocycles. The molecular formula is C27H28N6O5S. The Hall–Kier alpha value is -3.74. The molecule has 6 heterocycles.